The van der Waals surface area contributed by atoms with Crippen LogP contribution in [0.25, 0.3) is 0 Å². The Bertz CT molecular complexity index is 200. The van der Waals surface area contributed by atoms with Gasteiger partial charge in [0, 0.05) is 6.04 Å². The molecule has 0 aromatic carbocycles. The van der Waals surface area contributed by atoms with Gasteiger partial charge in [0.1, 0.15) is 0 Å². The molecule has 0 saturated heterocycles. The van der Waals surface area contributed by atoms with Gasteiger partial charge in [-0.3, -0.25) is 4.79 Å². The first-order chi connectivity index (χ1) is 6.77. The summed E-state index contributed by atoms with van der Waals surface area (Å²) in [5.74, 6) is 0.614. The van der Waals surface area contributed by atoms with Crippen molar-refractivity contribution in [1.29, 1.82) is 0 Å². The third-order valence-electron chi connectivity index (χ3n) is 2.60. The molecule has 16 heavy (non-hydrogen) atoms. The van der Waals surface area contributed by atoms with E-state index in [-0.39, 0.29) is 36.3 Å². The Kier molecular flexibility index (Phi) is 8.94. The average Bonchev–Trinajstić information content (AvgIpc) is 2.09. The quantitative estimate of drug-likeness (QED) is 0.787. The number of nitrogens with one attached hydrogen (secondary N) is 1. The monoisotopic (exact) mass is 250 g/mol. The Hall–Kier alpha value is -0.280. The molecule has 0 spiro atoms. The minimum absolute atomic E-state index is 0. The Morgan fingerprint density at radius 2 is 1.75 bits per heavy atom. The Balaban J connectivity index is 0. The number of carbonyl (C=O) groups excluding carboxylic acids is 1. The van der Waals surface area contributed by atoms with Crippen LogP contribution in [0.4, 0.5) is 0 Å². The van der Waals surface area contributed by atoms with Crippen LogP contribution in [0, 0.1) is 11.3 Å². The van der Waals surface area contributed by atoms with Crippen molar-refractivity contribution in [3.8, 4) is 0 Å². The van der Waals surface area contributed by atoms with E-state index in [0.717, 1.165) is 12.8 Å². The van der Waals surface area contributed by atoms with Gasteiger partial charge >= 0.3 is 0 Å². The SMILES string of the molecule is CC(C)CCC(NC(=O)CN)C(C)(C)C.Cl. The summed E-state index contributed by atoms with van der Waals surface area (Å²) in [6.45, 7) is 10.9. The van der Waals surface area contributed by atoms with Crippen molar-refractivity contribution in [2.75, 3.05) is 6.54 Å². The lowest BCUT2D eigenvalue weighted by atomic mass is 9.83. The zero-order valence-corrected chi connectivity index (χ0v) is 12.0. The lowest BCUT2D eigenvalue weighted by Crippen LogP contribution is -2.46. The fraction of sp³-hybridized carbons (Fsp3) is 0.917. The zero-order chi connectivity index (χ0) is 12.1. The molecule has 0 saturated carbocycles. The summed E-state index contributed by atoms with van der Waals surface area (Å²) in [4.78, 5) is 11.3. The van der Waals surface area contributed by atoms with Crippen molar-refractivity contribution in [2.45, 2.75) is 53.5 Å². The van der Waals surface area contributed by atoms with Gasteiger partial charge in [-0.15, -0.1) is 12.4 Å². The highest BCUT2D eigenvalue weighted by molar-refractivity contribution is 5.85. The summed E-state index contributed by atoms with van der Waals surface area (Å²) in [6, 6.07) is 0.218. The highest BCUT2D eigenvalue weighted by atomic mass is 35.5. The van der Waals surface area contributed by atoms with Gasteiger partial charge in [0.05, 0.1) is 6.54 Å². The molecule has 1 amide bonds. The average molecular weight is 251 g/mol. The van der Waals surface area contributed by atoms with Crippen molar-refractivity contribution < 1.29 is 4.79 Å². The van der Waals surface area contributed by atoms with E-state index in [1.807, 2.05) is 0 Å². The summed E-state index contributed by atoms with van der Waals surface area (Å²) in [7, 11) is 0. The van der Waals surface area contributed by atoms with Crippen LogP contribution in [0.2, 0.25) is 0 Å². The molecule has 0 bridgehead atoms. The van der Waals surface area contributed by atoms with Gasteiger partial charge in [-0.2, -0.15) is 0 Å². The second-order valence-corrected chi connectivity index (χ2v) is 5.66. The maximum Gasteiger partial charge on any atom is 0.233 e. The molecular formula is C12H27ClN2O. The fourth-order valence-corrected chi connectivity index (χ4v) is 1.47. The van der Waals surface area contributed by atoms with Crippen molar-refractivity contribution in [3.05, 3.63) is 0 Å². The van der Waals surface area contributed by atoms with Gasteiger partial charge in [-0.1, -0.05) is 34.6 Å². The molecule has 98 valence electrons. The van der Waals surface area contributed by atoms with Gasteiger partial charge in [0.2, 0.25) is 5.91 Å². The van der Waals surface area contributed by atoms with E-state index < -0.39 is 0 Å². The van der Waals surface area contributed by atoms with Crippen LogP contribution in [0.5, 0.6) is 0 Å². The van der Waals surface area contributed by atoms with Gasteiger partial charge in [0.15, 0.2) is 0 Å². The molecule has 3 nitrogen and oxygen atoms in total. The molecule has 1 atom stereocenters. The van der Waals surface area contributed by atoms with Crippen LogP contribution < -0.4 is 11.1 Å². The van der Waals surface area contributed by atoms with E-state index in [2.05, 4.69) is 39.9 Å². The van der Waals surface area contributed by atoms with Crippen molar-refractivity contribution in [1.82, 2.24) is 5.32 Å². The zero-order valence-electron chi connectivity index (χ0n) is 11.2. The predicted octanol–water partition coefficient (Wildman–Crippen LogP) is 2.33. The molecule has 0 aromatic heterocycles. The molecule has 0 heterocycles. The highest BCUT2D eigenvalue weighted by Gasteiger charge is 2.25. The molecule has 0 aliphatic rings. The second-order valence-electron chi connectivity index (χ2n) is 5.66. The number of carbonyl (C=O) groups is 1. The standard InChI is InChI=1S/C12H26N2O.ClH/c1-9(2)6-7-10(12(3,4)5)14-11(15)8-13;/h9-10H,6-8,13H2,1-5H3,(H,14,15);1H. The summed E-state index contributed by atoms with van der Waals surface area (Å²) in [5, 5.41) is 3.00. The van der Waals surface area contributed by atoms with Gasteiger partial charge in [-0.05, 0) is 24.2 Å². The molecule has 0 rings (SSSR count). The van der Waals surface area contributed by atoms with Crippen LogP contribution in [-0.4, -0.2) is 18.5 Å². The first-order valence-corrected chi connectivity index (χ1v) is 5.76. The molecule has 0 aromatic rings. The number of halogens is 1. The third-order valence-corrected chi connectivity index (χ3v) is 2.60. The topological polar surface area (TPSA) is 55.1 Å². The summed E-state index contributed by atoms with van der Waals surface area (Å²) < 4.78 is 0. The smallest absolute Gasteiger partial charge is 0.233 e. The van der Waals surface area contributed by atoms with E-state index in [1.165, 1.54) is 0 Å². The van der Waals surface area contributed by atoms with E-state index in [9.17, 15) is 4.79 Å². The van der Waals surface area contributed by atoms with Gasteiger partial charge in [0.25, 0.3) is 0 Å². The second kappa shape index (κ2) is 7.91. The number of hydrogen-bond acceptors (Lipinski definition) is 2. The molecule has 3 N–H and O–H groups in total. The Labute approximate surface area is 106 Å². The first kappa shape index (κ1) is 18.1. The van der Waals surface area contributed by atoms with Crippen LogP contribution >= 0.6 is 12.4 Å². The van der Waals surface area contributed by atoms with Crippen LogP contribution in [-0.2, 0) is 4.79 Å². The van der Waals surface area contributed by atoms with E-state index >= 15 is 0 Å². The minimum Gasteiger partial charge on any atom is -0.352 e. The van der Waals surface area contributed by atoms with Crippen molar-refractivity contribution >= 4 is 18.3 Å². The summed E-state index contributed by atoms with van der Waals surface area (Å²) in [6.07, 6.45) is 2.15. The largest absolute Gasteiger partial charge is 0.352 e. The van der Waals surface area contributed by atoms with Crippen LogP contribution in [0.1, 0.15) is 47.5 Å². The third kappa shape index (κ3) is 7.94. The van der Waals surface area contributed by atoms with E-state index in [4.69, 9.17) is 5.73 Å². The minimum atomic E-state index is -0.0568. The molecular weight excluding hydrogens is 224 g/mol. The van der Waals surface area contributed by atoms with Gasteiger partial charge in [-0.25, -0.2) is 0 Å². The molecule has 1 unspecified atom stereocenters. The molecule has 0 fully saturated rings. The Morgan fingerprint density at radius 1 is 1.25 bits per heavy atom. The van der Waals surface area contributed by atoms with E-state index in [0.29, 0.717) is 5.92 Å². The van der Waals surface area contributed by atoms with E-state index in [1.54, 1.807) is 0 Å². The molecule has 0 radical (unpaired) electrons. The summed E-state index contributed by atoms with van der Waals surface area (Å²) >= 11 is 0. The number of hydrogen-bond donors (Lipinski definition) is 2. The first-order valence-electron chi connectivity index (χ1n) is 5.76. The number of amides is 1. The van der Waals surface area contributed by atoms with Gasteiger partial charge < -0.3 is 11.1 Å². The maximum absolute atomic E-state index is 11.3. The van der Waals surface area contributed by atoms with Crippen LogP contribution in [0.15, 0.2) is 0 Å². The predicted molar refractivity (Wildman–Crippen MR) is 71.8 cm³/mol. The molecule has 4 heteroatoms. The fourth-order valence-electron chi connectivity index (χ4n) is 1.47. The highest BCUT2D eigenvalue weighted by Crippen LogP contribution is 2.24. The molecule has 0 aliphatic heterocycles. The molecule has 0 aliphatic carbocycles. The maximum atomic E-state index is 11.3. The lowest BCUT2D eigenvalue weighted by molar-refractivity contribution is -0.121. The Morgan fingerprint density at radius 3 is 2.06 bits per heavy atom. The normalized spacial score (nSPS) is 13.2. The van der Waals surface area contributed by atoms with Crippen molar-refractivity contribution in [2.24, 2.45) is 17.1 Å². The number of nitrogens with two attached hydrogens (primary N) is 1. The number of rotatable bonds is 5. The van der Waals surface area contributed by atoms with Crippen molar-refractivity contribution in [3.63, 3.8) is 0 Å². The lowest BCUT2D eigenvalue weighted by Gasteiger charge is -2.32. The summed E-state index contributed by atoms with van der Waals surface area (Å²) in [5.41, 5.74) is 5.40. The van der Waals surface area contributed by atoms with Crippen LogP contribution in [0.3, 0.4) is 0 Å².